The fourth-order valence-corrected chi connectivity index (χ4v) is 5.66. The van der Waals surface area contributed by atoms with Gasteiger partial charge in [0.15, 0.2) is 12.0 Å². The van der Waals surface area contributed by atoms with Crippen molar-refractivity contribution >= 4 is 66.6 Å². The Morgan fingerprint density at radius 2 is 1.88 bits per heavy atom. The summed E-state index contributed by atoms with van der Waals surface area (Å²) in [5, 5.41) is 3.66. The lowest BCUT2D eigenvalue weighted by Crippen LogP contribution is -2.33. The molecule has 0 spiro atoms. The fourth-order valence-electron chi connectivity index (χ4n) is 3.27. The Bertz CT molecular complexity index is 1690. The lowest BCUT2D eigenvalue weighted by Gasteiger charge is -2.10. The molecule has 0 aliphatic carbocycles. The number of oxazole rings is 1. The van der Waals surface area contributed by atoms with Crippen molar-refractivity contribution < 1.29 is 17.6 Å². The van der Waals surface area contributed by atoms with Crippen LogP contribution in [0.15, 0.2) is 80.6 Å². The van der Waals surface area contributed by atoms with E-state index in [9.17, 15) is 18.0 Å². The minimum Gasteiger partial charge on any atom is -0.443 e. The topological polar surface area (TPSA) is 123 Å². The van der Waals surface area contributed by atoms with E-state index in [0.717, 1.165) is 16.7 Å². The molecule has 5 aromatic rings. The molecule has 0 fully saturated rings. The SMILES string of the molecule is O=C(Nc1ccc(-n2ccc3cc4ncoc4cc3c2=O)cc1)NS(=O)(=O)c1ccc(Cl)s1. The smallest absolute Gasteiger partial charge is 0.333 e. The van der Waals surface area contributed by atoms with E-state index >= 15 is 0 Å². The maximum atomic E-state index is 13.0. The Balaban J connectivity index is 1.36. The fraction of sp³-hybridized carbons (Fsp3) is 0. The number of pyridine rings is 1. The number of anilines is 1. The minimum absolute atomic E-state index is 0.0729. The standard InChI is InChI=1S/C21H13ClN4O5S2/c22-18-5-6-19(32-18)33(29,30)25-21(28)24-13-1-3-14(4-2-13)26-8-7-12-9-16-17(31-11-23-16)10-15(12)20(26)27/h1-11H,(H2,24,25,28). The van der Waals surface area contributed by atoms with Crippen LogP contribution in [0.5, 0.6) is 0 Å². The summed E-state index contributed by atoms with van der Waals surface area (Å²) in [6.07, 6.45) is 2.97. The number of urea groups is 1. The number of carbonyl (C=O) groups excluding carboxylic acids is 1. The number of carbonyl (C=O) groups is 1. The Morgan fingerprint density at radius 1 is 1.09 bits per heavy atom. The van der Waals surface area contributed by atoms with Crippen molar-refractivity contribution in [3.8, 4) is 5.69 Å². The summed E-state index contributed by atoms with van der Waals surface area (Å²) in [6.45, 7) is 0. The van der Waals surface area contributed by atoms with E-state index in [1.807, 2.05) is 4.72 Å². The molecule has 0 bridgehead atoms. The van der Waals surface area contributed by atoms with E-state index in [4.69, 9.17) is 16.0 Å². The van der Waals surface area contributed by atoms with Crippen LogP contribution in [-0.2, 0) is 10.0 Å². The zero-order chi connectivity index (χ0) is 23.2. The van der Waals surface area contributed by atoms with Crippen molar-refractivity contribution in [2.24, 2.45) is 0 Å². The van der Waals surface area contributed by atoms with Crippen molar-refractivity contribution in [1.82, 2.24) is 14.3 Å². The third-order valence-corrected chi connectivity index (χ3v) is 7.85. The Morgan fingerprint density at radius 3 is 2.61 bits per heavy atom. The van der Waals surface area contributed by atoms with Crippen molar-refractivity contribution in [3.63, 3.8) is 0 Å². The van der Waals surface area contributed by atoms with Crippen LogP contribution in [0, 0.1) is 0 Å². The predicted octanol–water partition coefficient (Wildman–Crippen LogP) is 4.36. The zero-order valence-corrected chi connectivity index (χ0v) is 18.9. The van der Waals surface area contributed by atoms with Crippen LogP contribution < -0.4 is 15.6 Å². The number of benzene rings is 2. The first-order valence-electron chi connectivity index (χ1n) is 9.38. The molecule has 12 heteroatoms. The zero-order valence-electron chi connectivity index (χ0n) is 16.5. The molecule has 2 N–H and O–H groups in total. The highest BCUT2D eigenvalue weighted by molar-refractivity contribution is 7.92. The summed E-state index contributed by atoms with van der Waals surface area (Å²) in [5.74, 6) is 0. The highest BCUT2D eigenvalue weighted by Gasteiger charge is 2.20. The number of amides is 2. The van der Waals surface area contributed by atoms with Gasteiger partial charge in [-0.05, 0) is 60.0 Å². The molecule has 2 aromatic carbocycles. The van der Waals surface area contributed by atoms with E-state index in [1.165, 1.54) is 23.1 Å². The lowest BCUT2D eigenvalue weighted by molar-refractivity contribution is 0.256. The van der Waals surface area contributed by atoms with Gasteiger partial charge < -0.3 is 9.73 Å². The Hall–Kier alpha value is -3.67. The van der Waals surface area contributed by atoms with Gasteiger partial charge in [0, 0.05) is 17.6 Å². The van der Waals surface area contributed by atoms with Gasteiger partial charge in [0.25, 0.3) is 15.6 Å². The molecule has 5 rings (SSSR count). The summed E-state index contributed by atoms with van der Waals surface area (Å²) in [4.78, 5) is 29.2. The van der Waals surface area contributed by atoms with Crippen LogP contribution in [0.1, 0.15) is 0 Å². The van der Waals surface area contributed by atoms with Crippen molar-refractivity contribution in [2.75, 3.05) is 5.32 Å². The predicted molar refractivity (Wildman–Crippen MR) is 126 cm³/mol. The number of nitrogens with one attached hydrogen (secondary N) is 2. The van der Waals surface area contributed by atoms with Gasteiger partial charge in [-0.15, -0.1) is 11.3 Å². The minimum atomic E-state index is -4.03. The molecule has 9 nitrogen and oxygen atoms in total. The second-order valence-corrected chi connectivity index (χ2v) is 10.5. The van der Waals surface area contributed by atoms with Crippen LogP contribution in [-0.4, -0.2) is 24.0 Å². The van der Waals surface area contributed by atoms with Gasteiger partial charge in [0.1, 0.15) is 9.73 Å². The van der Waals surface area contributed by atoms with Gasteiger partial charge in [0.2, 0.25) is 0 Å². The molecule has 0 aliphatic rings. The Labute approximate surface area is 195 Å². The molecule has 2 amide bonds. The lowest BCUT2D eigenvalue weighted by atomic mass is 10.1. The molecule has 0 saturated carbocycles. The number of fused-ring (bicyclic) bond motifs is 2. The quantitative estimate of drug-likeness (QED) is 0.378. The number of halogens is 1. The van der Waals surface area contributed by atoms with Crippen molar-refractivity contribution in [2.45, 2.75) is 4.21 Å². The monoisotopic (exact) mass is 500 g/mol. The summed E-state index contributed by atoms with van der Waals surface area (Å²) >= 11 is 6.59. The molecular formula is C21H13ClN4O5S2. The molecule has 0 unspecified atom stereocenters. The number of hydrogen-bond donors (Lipinski definition) is 2. The maximum absolute atomic E-state index is 13.0. The number of hydrogen-bond acceptors (Lipinski definition) is 7. The van der Waals surface area contributed by atoms with Gasteiger partial charge in [-0.3, -0.25) is 9.36 Å². The number of thiophene rings is 1. The van der Waals surface area contributed by atoms with Crippen molar-refractivity contribution in [1.29, 1.82) is 0 Å². The second kappa shape index (κ2) is 8.03. The first-order valence-corrected chi connectivity index (χ1v) is 12.1. The van der Waals surface area contributed by atoms with Crippen LogP contribution >= 0.6 is 22.9 Å². The van der Waals surface area contributed by atoms with Crippen LogP contribution in [0.2, 0.25) is 4.34 Å². The molecule has 0 atom stereocenters. The molecular weight excluding hydrogens is 488 g/mol. The van der Waals surface area contributed by atoms with Gasteiger partial charge in [-0.2, -0.15) is 0 Å². The van der Waals surface area contributed by atoms with Crippen LogP contribution in [0.3, 0.4) is 0 Å². The van der Waals surface area contributed by atoms with Gasteiger partial charge in [-0.25, -0.2) is 22.9 Å². The second-order valence-electron chi connectivity index (χ2n) is 6.92. The number of rotatable bonds is 4. The third-order valence-electron chi connectivity index (χ3n) is 4.80. The molecule has 3 aromatic heterocycles. The van der Waals surface area contributed by atoms with E-state index in [2.05, 4.69) is 10.3 Å². The molecule has 0 radical (unpaired) electrons. The number of aromatic nitrogens is 2. The average Bonchev–Trinajstić information content (AvgIpc) is 3.42. The van der Waals surface area contributed by atoms with Crippen LogP contribution in [0.25, 0.3) is 27.6 Å². The highest BCUT2D eigenvalue weighted by atomic mass is 35.5. The van der Waals surface area contributed by atoms with Crippen LogP contribution in [0.4, 0.5) is 10.5 Å². The largest absolute Gasteiger partial charge is 0.443 e. The third kappa shape index (κ3) is 4.09. The van der Waals surface area contributed by atoms with Gasteiger partial charge in [0.05, 0.1) is 9.72 Å². The molecule has 0 saturated heterocycles. The van der Waals surface area contributed by atoms with Gasteiger partial charge in [-0.1, -0.05) is 11.6 Å². The normalized spacial score (nSPS) is 11.7. The molecule has 33 heavy (non-hydrogen) atoms. The summed E-state index contributed by atoms with van der Waals surface area (Å²) < 4.78 is 33.3. The summed E-state index contributed by atoms with van der Waals surface area (Å²) in [5.41, 5.74) is 1.84. The van der Waals surface area contributed by atoms with E-state index in [-0.39, 0.29) is 9.77 Å². The van der Waals surface area contributed by atoms with E-state index in [1.54, 1.807) is 48.7 Å². The highest BCUT2D eigenvalue weighted by Crippen LogP contribution is 2.25. The number of nitrogens with zero attached hydrogens (tertiary/aromatic N) is 2. The Kier molecular flexibility index (Phi) is 5.16. The number of sulfonamides is 1. The molecule has 166 valence electrons. The first-order chi connectivity index (χ1) is 15.8. The van der Waals surface area contributed by atoms with Crippen molar-refractivity contribution in [3.05, 3.63) is 81.9 Å². The first kappa shape index (κ1) is 21.2. The average molecular weight is 501 g/mol. The molecule has 3 heterocycles. The van der Waals surface area contributed by atoms with E-state index in [0.29, 0.717) is 32.2 Å². The van der Waals surface area contributed by atoms with E-state index < -0.39 is 16.1 Å². The molecule has 0 aliphatic heterocycles. The summed E-state index contributed by atoms with van der Waals surface area (Å²) in [7, 11) is -4.03. The maximum Gasteiger partial charge on any atom is 0.333 e. The van der Waals surface area contributed by atoms with Gasteiger partial charge >= 0.3 is 6.03 Å². The summed E-state index contributed by atoms with van der Waals surface area (Å²) in [6, 6.07) is 13.4.